The highest BCUT2D eigenvalue weighted by atomic mass is 32.2. The lowest BCUT2D eigenvalue weighted by atomic mass is 10.2. The minimum absolute atomic E-state index is 0.0884. The summed E-state index contributed by atoms with van der Waals surface area (Å²) < 4.78 is 7.49. The van der Waals surface area contributed by atoms with Crippen molar-refractivity contribution in [3.63, 3.8) is 0 Å². The predicted molar refractivity (Wildman–Crippen MR) is 97.9 cm³/mol. The van der Waals surface area contributed by atoms with Gasteiger partial charge in [-0.2, -0.15) is 0 Å². The Bertz CT molecular complexity index is 862. The van der Waals surface area contributed by atoms with Crippen molar-refractivity contribution in [2.75, 3.05) is 5.75 Å². The Morgan fingerprint density at radius 2 is 2.16 bits per heavy atom. The summed E-state index contributed by atoms with van der Waals surface area (Å²) in [7, 11) is 0. The van der Waals surface area contributed by atoms with E-state index in [1.165, 1.54) is 11.8 Å². The second-order valence-electron chi connectivity index (χ2n) is 6.49. The molecule has 3 rings (SSSR count). The number of nitrogens with one attached hydrogen (secondary N) is 1. The van der Waals surface area contributed by atoms with Gasteiger partial charge in [-0.1, -0.05) is 25.6 Å². The van der Waals surface area contributed by atoms with Gasteiger partial charge in [0.05, 0.1) is 12.0 Å². The van der Waals surface area contributed by atoms with Gasteiger partial charge in [0.25, 0.3) is 0 Å². The van der Waals surface area contributed by atoms with Gasteiger partial charge in [0.1, 0.15) is 0 Å². The largest absolute Gasteiger partial charge is 0.461 e. The molecule has 0 saturated carbocycles. The van der Waals surface area contributed by atoms with Crippen LogP contribution >= 0.6 is 11.8 Å². The zero-order valence-corrected chi connectivity index (χ0v) is 15.7. The van der Waals surface area contributed by atoms with E-state index in [4.69, 9.17) is 4.42 Å². The number of aryl methyl sites for hydroxylation is 2. The summed E-state index contributed by atoms with van der Waals surface area (Å²) in [4.78, 5) is 15.7. The molecule has 7 heteroatoms. The van der Waals surface area contributed by atoms with E-state index < -0.39 is 0 Å². The highest BCUT2D eigenvalue weighted by Gasteiger charge is 2.19. The van der Waals surface area contributed by atoms with Crippen LogP contribution in [0.15, 0.2) is 34.0 Å². The first kappa shape index (κ1) is 17.5. The van der Waals surface area contributed by atoms with Gasteiger partial charge in [-0.25, -0.2) is 0 Å². The molecule has 6 nitrogen and oxygen atoms in total. The van der Waals surface area contributed by atoms with Crippen molar-refractivity contribution in [1.29, 1.82) is 0 Å². The summed E-state index contributed by atoms with van der Waals surface area (Å²) in [5.41, 5.74) is 2.64. The first-order valence-electron chi connectivity index (χ1n) is 8.25. The van der Waals surface area contributed by atoms with E-state index in [0.29, 0.717) is 23.3 Å². The highest BCUT2D eigenvalue weighted by molar-refractivity contribution is 7.99. The maximum atomic E-state index is 12.5. The lowest BCUT2D eigenvalue weighted by molar-refractivity contribution is 0.102. The fourth-order valence-electron chi connectivity index (χ4n) is 2.73. The molecule has 0 aliphatic carbocycles. The standard InChI is InChI=1S/C18H22N4O2S/c1-11(2)9-22-17(16-6-5-7-24-16)20-21-18(22)25-10-15(23)14-8-12(3)19-13(14)4/h5-8,11,19H,9-10H2,1-4H3. The van der Waals surface area contributed by atoms with E-state index in [9.17, 15) is 4.79 Å². The third kappa shape index (κ3) is 3.87. The Morgan fingerprint density at radius 3 is 2.76 bits per heavy atom. The molecule has 0 fully saturated rings. The van der Waals surface area contributed by atoms with Crippen LogP contribution in [0.4, 0.5) is 0 Å². The number of hydrogen-bond acceptors (Lipinski definition) is 5. The van der Waals surface area contributed by atoms with E-state index in [1.54, 1.807) is 6.26 Å². The maximum absolute atomic E-state index is 12.5. The molecule has 132 valence electrons. The van der Waals surface area contributed by atoms with Gasteiger partial charge in [0, 0.05) is 23.5 Å². The van der Waals surface area contributed by atoms with Gasteiger partial charge in [0.15, 0.2) is 22.5 Å². The van der Waals surface area contributed by atoms with Gasteiger partial charge in [0.2, 0.25) is 0 Å². The number of furan rings is 1. The number of aromatic amines is 1. The SMILES string of the molecule is Cc1cc(C(=O)CSc2nnc(-c3ccco3)n2CC(C)C)c(C)[nH]1. The normalized spacial score (nSPS) is 11.4. The van der Waals surface area contributed by atoms with Crippen molar-refractivity contribution in [3.05, 3.63) is 41.4 Å². The third-order valence-electron chi connectivity index (χ3n) is 3.79. The van der Waals surface area contributed by atoms with Crippen LogP contribution in [0.5, 0.6) is 0 Å². The summed E-state index contributed by atoms with van der Waals surface area (Å²) in [6, 6.07) is 5.59. The lowest BCUT2D eigenvalue weighted by Crippen LogP contribution is -2.09. The number of nitrogens with zero attached hydrogens (tertiary/aromatic N) is 3. The third-order valence-corrected chi connectivity index (χ3v) is 4.76. The Labute approximate surface area is 151 Å². The highest BCUT2D eigenvalue weighted by Crippen LogP contribution is 2.26. The maximum Gasteiger partial charge on any atom is 0.200 e. The molecule has 3 aromatic heterocycles. The summed E-state index contributed by atoms with van der Waals surface area (Å²) in [6.07, 6.45) is 1.62. The fourth-order valence-corrected chi connectivity index (χ4v) is 3.57. The van der Waals surface area contributed by atoms with E-state index in [0.717, 1.165) is 28.7 Å². The van der Waals surface area contributed by atoms with E-state index >= 15 is 0 Å². The fraction of sp³-hybridized carbons (Fsp3) is 0.389. The molecule has 3 heterocycles. The minimum atomic E-state index is 0.0884. The Kier molecular flexibility index (Phi) is 5.13. The number of carbonyl (C=O) groups is 1. The molecule has 25 heavy (non-hydrogen) atoms. The van der Waals surface area contributed by atoms with Crippen molar-refractivity contribution < 1.29 is 9.21 Å². The number of rotatable bonds is 7. The van der Waals surface area contributed by atoms with Gasteiger partial charge in [-0.3, -0.25) is 9.36 Å². The summed E-state index contributed by atoms with van der Waals surface area (Å²) in [5.74, 6) is 2.22. The average molecular weight is 358 g/mol. The van der Waals surface area contributed by atoms with Crippen LogP contribution in [0.25, 0.3) is 11.6 Å². The number of ketones is 1. The van der Waals surface area contributed by atoms with Crippen molar-refractivity contribution in [3.8, 4) is 11.6 Å². The van der Waals surface area contributed by atoms with Gasteiger partial charge in [-0.15, -0.1) is 10.2 Å². The van der Waals surface area contributed by atoms with Crippen molar-refractivity contribution in [1.82, 2.24) is 19.7 Å². The van der Waals surface area contributed by atoms with Crippen molar-refractivity contribution in [2.24, 2.45) is 5.92 Å². The number of carbonyl (C=O) groups excluding carboxylic acids is 1. The molecule has 0 aliphatic heterocycles. The smallest absolute Gasteiger partial charge is 0.200 e. The number of aromatic nitrogens is 4. The molecule has 1 N–H and O–H groups in total. The molecule has 0 radical (unpaired) electrons. The summed E-state index contributed by atoms with van der Waals surface area (Å²) in [5, 5.41) is 9.27. The second kappa shape index (κ2) is 7.31. The average Bonchev–Trinajstić information content (AvgIpc) is 3.25. The zero-order valence-electron chi connectivity index (χ0n) is 14.9. The Hall–Kier alpha value is -2.28. The second-order valence-corrected chi connectivity index (χ2v) is 7.43. The van der Waals surface area contributed by atoms with Crippen LogP contribution in [0.1, 0.15) is 35.6 Å². The molecule has 0 unspecified atom stereocenters. The van der Waals surface area contributed by atoms with Crippen molar-refractivity contribution >= 4 is 17.5 Å². The monoisotopic (exact) mass is 358 g/mol. The summed E-state index contributed by atoms with van der Waals surface area (Å²) >= 11 is 1.41. The zero-order chi connectivity index (χ0) is 18.0. The van der Waals surface area contributed by atoms with E-state index in [1.807, 2.05) is 36.6 Å². The molecule has 0 spiro atoms. The molecule has 3 aromatic rings. The topological polar surface area (TPSA) is 76.7 Å². The molecular weight excluding hydrogens is 336 g/mol. The van der Waals surface area contributed by atoms with Crippen LogP contribution in [0.3, 0.4) is 0 Å². The molecule has 0 atom stereocenters. The Balaban J connectivity index is 1.80. The quantitative estimate of drug-likeness (QED) is 0.508. The van der Waals surface area contributed by atoms with Crippen molar-refractivity contribution in [2.45, 2.75) is 39.4 Å². The number of Topliss-reactive ketones (excluding diaryl/α,β-unsaturated/α-hetero) is 1. The molecule has 0 aromatic carbocycles. The lowest BCUT2D eigenvalue weighted by Gasteiger charge is -2.11. The number of H-pyrrole nitrogens is 1. The molecule has 0 bridgehead atoms. The molecular formula is C18H22N4O2S. The van der Waals surface area contributed by atoms with Gasteiger partial charge < -0.3 is 9.40 Å². The van der Waals surface area contributed by atoms with Gasteiger partial charge >= 0.3 is 0 Å². The number of hydrogen-bond donors (Lipinski definition) is 1. The van der Waals surface area contributed by atoms with Crippen LogP contribution in [-0.2, 0) is 6.54 Å². The molecule has 0 saturated heterocycles. The van der Waals surface area contributed by atoms with E-state index in [2.05, 4.69) is 29.0 Å². The van der Waals surface area contributed by atoms with Crippen LogP contribution in [-0.4, -0.2) is 31.3 Å². The molecule has 0 aliphatic rings. The predicted octanol–water partition coefficient (Wildman–Crippen LogP) is 4.11. The van der Waals surface area contributed by atoms with E-state index in [-0.39, 0.29) is 5.78 Å². The Morgan fingerprint density at radius 1 is 1.36 bits per heavy atom. The van der Waals surface area contributed by atoms with Crippen LogP contribution in [0, 0.1) is 19.8 Å². The number of thioether (sulfide) groups is 1. The molecule has 0 amide bonds. The minimum Gasteiger partial charge on any atom is -0.461 e. The van der Waals surface area contributed by atoms with Crippen LogP contribution in [0.2, 0.25) is 0 Å². The first-order chi connectivity index (χ1) is 12.0. The van der Waals surface area contributed by atoms with Crippen LogP contribution < -0.4 is 0 Å². The first-order valence-corrected chi connectivity index (χ1v) is 9.23. The van der Waals surface area contributed by atoms with Gasteiger partial charge in [-0.05, 0) is 38.0 Å². The summed E-state index contributed by atoms with van der Waals surface area (Å²) in [6.45, 7) is 8.91.